The zero-order valence-electron chi connectivity index (χ0n) is 45.3. The number of carbonyl (C=O) groups excluding carboxylic acids is 2. The summed E-state index contributed by atoms with van der Waals surface area (Å²) in [6.07, 6.45) is -4.36. The molecule has 0 spiro atoms. The number of allylic oxidation sites excluding steroid dienone is 6. The number of fused-ring (bicyclic) bond motifs is 2. The van der Waals surface area contributed by atoms with Crippen LogP contribution in [-0.2, 0) is 59.6 Å². The van der Waals surface area contributed by atoms with Crippen molar-refractivity contribution in [1.82, 2.24) is 5.32 Å². The van der Waals surface area contributed by atoms with Crippen molar-refractivity contribution in [3.63, 3.8) is 0 Å². The second kappa shape index (κ2) is 26.9. The van der Waals surface area contributed by atoms with Crippen molar-refractivity contribution < 1.29 is 94.8 Å². The van der Waals surface area contributed by atoms with Crippen molar-refractivity contribution in [3.8, 4) is 0 Å². The maximum atomic E-state index is 13.0. The molecule has 2 aromatic carbocycles. The minimum absolute atomic E-state index is 0.0465. The molecule has 0 saturated carbocycles. The van der Waals surface area contributed by atoms with Crippen molar-refractivity contribution >= 4 is 55.0 Å². The lowest BCUT2D eigenvalue weighted by Crippen LogP contribution is -2.64. The first-order chi connectivity index (χ1) is 37.6. The number of hydrogen-bond donors (Lipinski definition) is 12. The summed E-state index contributed by atoms with van der Waals surface area (Å²) in [5.74, 6) is -0.396. The number of carbonyl (C=O) groups is 2. The average Bonchev–Trinajstić information content (AvgIpc) is 3.82. The van der Waals surface area contributed by atoms with Crippen LogP contribution in [0.2, 0.25) is 0 Å². The number of aliphatic hydroxyl groups excluding tert-OH is 7. The summed E-state index contributed by atoms with van der Waals surface area (Å²) < 4.78 is 94.1. The Kier molecular flexibility index (Phi) is 21.5. The molecule has 25 nitrogen and oxygen atoms in total. The Bertz CT molecular complexity index is 2920. The highest BCUT2D eigenvalue weighted by molar-refractivity contribution is 7.86. The third-order valence-corrected chi connectivity index (χ3v) is 16.6. The normalized spacial score (nSPS) is 27.4. The van der Waals surface area contributed by atoms with E-state index in [0.29, 0.717) is 67.7 Å². The SMILES string of the molecule is CCC(=O)[C@@H](CCCN=C(N)N)NC(=O)CCCCC[N+]1=C(/C=C/C=C/C=C2/N(CCO[C@H]3OC(CO)[C@@H](O[C@@H]4OC(CO)[C@@H](O)[C@H](O)C4O)[C@H](O)C3O)c3ccc(S(=O)(=O)O)cc3C2(C)C)C(C)(C)c2cc(S(=O)(=O)O)ccc21. The lowest BCUT2D eigenvalue weighted by Gasteiger charge is -2.46. The third-order valence-electron chi connectivity index (χ3n) is 14.9. The summed E-state index contributed by atoms with van der Waals surface area (Å²) in [6, 6.07) is 7.93. The second-order valence-electron chi connectivity index (χ2n) is 21.1. The number of hydrogen-bond acceptors (Lipinski definition) is 19. The number of Topliss-reactive ketones (excluding diaryl/α,β-unsaturated/α-hetero) is 1. The second-order valence-corrected chi connectivity index (χ2v) is 24.0. The van der Waals surface area contributed by atoms with E-state index in [1.165, 1.54) is 30.3 Å². The molecule has 4 heterocycles. The van der Waals surface area contributed by atoms with Crippen molar-refractivity contribution in [2.75, 3.05) is 44.4 Å². The zero-order chi connectivity index (χ0) is 59.1. The fourth-order valence-electron chi connectivity index (χ4n) is 10.5. The van der Waals surface area contributed by atoms with Gasteiger partial charge in [-0.3, -0.25) is 23.7 Å². The molecular weight excluding hydrogens is 1090 g/mol. The van der Waals surface area contributed by atoms with E-state index < -0.39 is 112 Å². The van der Waals surface area contributed by atoms with Crippen molar-refractivity contribution in [2.24, 2.45) is 16.5 Å². The minimum atomic E-state index is -4.61. The number of ketones is 1. The lowest BCUT2D eigenvalue weighted by molar-refractivity contribution is -0.438. The van der Waals surface area contributed by atoms with Crippen LogP contribution in [0.1, 0.15) is 90.7 Å². The van der Waals surface area contributed by atoms with Crippen LogP contribution in [0.15, 0.2) is 87.3 Å². The van der Waals surface area contributed by atoms with E-state index in [-0.39, 0.29) is 53.4 Å². The largest absolute Gasteiger partial charge is 0.394 e. The maximum Gasteiger partial charge on any atom is 0.294 e. The molecule has 14 N–H and O–H groups in total. The minimum Gasteiger partial charge on any atom is -0.394 e. The number of ether oxygens (including phenoxy) is 4. The summed E-state index contributed by atoms with van der Waals surface area (Å²) in [5, 5.41) is 76.0. The summed E-state index contributed by atoms with van der Waals surface area (Å²) >= 11 is 0. The third kappa shape index (κ3) is 14.7. The van der Waals surface area contributed by atoms with Crippen LogP contribution < -0.4 is 21.7 Å². The van der Waals surface area contributed by atoms with Crippen molar-refractivity contribution in [2.45, 2.75) is 168 Å². The molecule has 6 rings (SSSR count). The van der Waals surface area contributed by atoms with Gasteiger partial charge < -0.3 is 76.4 Å². The molecule has 4 aliphatic rings. The van der Waals surface area contributed by atoms with Crippen LogP contribution in [-0.4, -0.2) is 197 Å². The number of guanidine groups is 1. The van der Waals surface area contributed by atoms with Gasteiger partial charge in [-0.05, 0) is 81.5 Å². The molecule has 11 atom stereocenters. The number of anilines is 1. The number of rotatable bonds is 26. The van der Waals surface area contributed by atoms with Gasteiger partial charge in [0.25, 0.3) is 20.2 Å². The van der Waals surface area contributed by atoms with E-state index in [1.54, 1.807) is 37.3 Å². The standard InChI is InChI=1S/C53H76N6O19S2/c1-6-37(62)34(14-13-22-56-51(54)55)57-42(63)17-11-8-12-23-58-35-20-18-30(79(69,70)71)26-32(35)52(2,3)40(58)15-9-7-10-16-41-53(4,5)33-27-31(80(72,73)74)19-21-36(33)59(41)24-25-75-49-47(68)45(66)48(39(29-61)77-49)78-50-46(67)44(65)43(64)38(28-60)76-50/h7,9-10,15-16,18-21,26-27,34,38-39,43-50,60-61,64-68H,6,8,11-14,17,22-25,28-29H2,1-5H3,(H6-,54,55,56,57,63,69,70,71,72,73,74)/p+1/t34-,38?,39?,43-,44+,45-,46?,47?,48-,49+,50+/m1/s1. The Balaban J connectivity index is 1.19. The Morgan fingerprint density at radius 1 is 0.800 bits per heavy atom. The Morgan fingerprint density at radius 3 is 2.08 bits per heavy atom. The van der Waals surface area contributed by atoms with E-state index in [9.17, 15) is 71.3 Å². The van der Waals surface area contributed by atoms with Crippen LogP contribution in [0.4, 0.5) is 11.4 Å². The maximum absolute atomic E-state index is 13.0. The highest BCUT2D eigenvalue weighted by Gasteiger charge is 2.51. The number of aliphatic imine (C=N–C) groups is 1. The zero-order valence-corrected chi connectivity index (χ0v) is 46.9. The molecule has 2 fully saturated rings. The first-order valence-electron chi connectivity index (χ1n) is 26.4. The van der Waals surface area contributed by atoms with Gasteiger partial charge in [-0.2, -0.15) is 21.4 Å². The predicted octanol–water partition coefficient (Wildman–Crippen LogP) is 0.0689. The number of aliphatic hydroxyl groups is 7. The molecule has 2 saturated heterocycles. The molecule has 80 heavy (non-hydrogen) atoms. The molecular formula is C53H77N6O19S2+. The van der Waals surface area contributed by atoms with Gasteiger partial charge >= 0.3 is 0 Å². The summed E-state index contributed by atoms with van der Waals surface area (Å²) in [6.45, 7) is 8.42. The molecule has 27 heteroatoms. The van der Waals surface area contributed by atoms with Crippen LogP contribution >= 0.6 is 0 Å². The molecule has 4 aliphatic heterocycles. The monoisotopic (exact) mass is 1170 g/mol. The Labute approximate surface area is 465 Å². The molecule has 0 radical (unpaired) electrons. The van der Waals surface area contributed by atoms with Gasteiger partial charge in [0, 0.05) is 66.9 Å². The smallest absolute Gasteiger partial charge is 0.294 e. The van der Waals surface area contributed by atoms with Gasteiger partial charge in [0.15, 0.2) is 30.0 Å². The van der Waals surface area contributed by atoms with E-state index in [0.717, 1.165) is 11.4 Å². The first-order valence-corrected chi connectivity index (χ1v) is 29.3. The Morgan fingerprint density at radius 2 is 1.44 bits per heavy atom. The number of nitrogens with zero attached hydrogens (tertiary/aromatic N) is 3. The van der Waals surface area contributed by atoms with E-state index in [1.807, 2.05) is 38.7 Å². The highest BCUT2D eigenvalue weighted by Crippen LogP contribution is 2.48. The molecule has 4 unspecified atom stereocenters. The predicted molar refractivity (Wildman–Crippen MR) is 290 cm³/mol. The number of unbranched alkanes of at least 4 members (excludes halogenated alkanes) is 2. The quantitative estimate of drug-likeness (QED) is 0.0148. The van der Waals surface area contributed by atoms with E-state index >= 15 is 0 Å². The highest BCUT2D eigenvalue weighted by atomic mass is 32.2. The number of benzene rings is 2. The first kappa shape index (κ1) is 64.1. The van der Waals surface area contributed by atoms with Gasteiger partial charge in [0.2, 0.25) is 11.6 Å². The summed E-state index contributed by atoms with van der Waals surface area (Å²) in [4.78, 5) is 30.8. The van der Waals surface area contributed by atoms with Gasteiger partial charge in [-0.25, -0.2) is 0 Å². The van der Waals surface area contributed by atoms with Crippen molar-refractivity contribution in [3.05, 3.63) is 83.6 Å². The van der Waals surface area contributed by atoms with E-state index in [4.69, 9.17) is 30.4 Å². The topological polar surface area (TPSA) is 404 Å². The molecule has 2 aromatic rings. The van der Waals surface area contributed by atoms with Crippen molar-refractivity contribution in [1.29, 1.82) is 0 Å². The van der Waals surface area contributed by atoms with Crippen LogP contribution in [0.3, 0.4) is 0 Å². The number of nitrogens with two attached hydrogens (primary N) is 2. The molecule has 0 aromatic heterocycles. The summed E-state index contributed by atoms with van der Waals surface area (Å²) in [5.41, 5.74) is 13.1. The number of nitrogens with one attached hydrogen (secondary N) is 1. The molecule has 0 bridgehead atoms. The van der Waals surface area contributed by atoms with Crippen LogP contribution in [0.25, 0.3) is 0 Å². The van der Waals surface area contributed by atoms with Crippen LogP contribution in [0, 0.1) is 0 Å². The number of amides is 1. The van der Waals surface area contributed by atoms with Gasteiger partial charge in [-0.15, -0.1) is 0 Å². The average molecular weight is 1170 g/mol. The van der Waals surface area contributed by atoms with Crippen LogP contribution in [0.5, 0.6) is 0 Å². The fourth-order valence-corrected chi connectivity index (χ4v) is 11.5. The molecule has 444 valence electrons. The summed E-state index contributed by atoms with van der Waals surface area (Å²) in [7, 11) is -9.15. The van der Waals surface area contributed by atoms with Gasteiger partial charge in [-0.1, -0.05) is 39.0 Å². The fraction of sp³-hybridized carbons (Fsp3) is 0.585. The Hall–Kier alpha value is -5.08. The van der Waals surface area contributed by atoms with Gasteiger partial charge in [0.1, 0.15) is 55.4 Å². The lowest BCUT2D eigenvalue weighted by atomic mass is 9.81. The molecule has 0 aliphatic carbocycles. The molecule has 1 amide bonds. The van der Waals surface area contributed by atoms with E-state index in [2.05, 4.69) is 14.9 Å². The van der Waals surface area contributed by atoms with Gasteiger partial charge in [0.05, 0.1) is 41.1 Å².